The second kappa shape index (κ2) is 61.6. The topological polar surface area (TPSA) is 120 Å². The zero-order valence-electron chi connectivity index (χ0n) is 84.0. The van der Waals surface area contributed by atoms with Crippen LogP contribution in [0.1, 0.15) is 130 Å². The van der Waals surface area contributed by atoms with E-state index < -0.39 is 93.9 Å². The number of benzene rings is 8. The summed E-state index contributed by atoms with van der Waals surface area (Å²) in [6, 6.07) is 25.6. The molecule has 1 fully saturated rings. The maximum Gasteiger partial charge on any atom is 0.418 e. The largest absolute Gasteiger partial charge is 0.492 e. The molecule has 1 aliphatic heterocycles. The first kappa shape index (κ1) is 130. The van der Waals surface area contributed by atoms with Gasteiger partial charge in [0.25, 0.3) is 0 Å². The number of rotatable bonds is 35. The van der Waals surface area contributed by atoms with Crippen LogP contribution in [0.15, 0.2) is 127 Å². The third-order valence-corrected chi connectivity index (χ3v) is 21.8. The van der Waals surface area contributed by atoms with Crippen LogP contribution in [0.4, 0.5) is 111 Å². The van der Waals surface area contributed by atoms with Crippen LogP contribution in [0.25, 0.3) is 0 Å². The Morgan fingerprint density at radius 2 is 0.671 bits per heavy atom. The van der Waals surface area contributed by atoms with Crippen LogP contribution >= 0.6 is 34.8 Å². The highest BCUT2D eigenvalue weighted by Gasteiger charge is 2.39. The minimum Gasteiger partial charge on any atom is -0.492 e. The van der Waals surface area contributed by atoms with Crippen LogP contribution in [-0.2, 0) is 49.4 Å². The predicted molar refractivity (Wildman–Crippen MR) is 516 cm³/mol. The van der Waals surface area contributed by atoms with Gasteiger partial charge in [-0.3, -0.25) is 4.90 Å². The Labute approximate surface area is 838 Å². The van der Waals surface area contributed by atoms with Crippen molar-refractivity contribution >= 4 is 40.5 Å². The SMILES string of the molecule is CCN(C)CCOc1ccc(C(F)(F)F)cc1C.CCN(C)CCOc1ccc(C(F)(F)F)cc1C.CNCCOc1cc(Cl)c(C(F)(F)F)cc1C.CNCCOc1ccc(C(F)(F)F)c(C)c1.Cc1cc(C(F)(F)F)c(Cl)cc1OCCN(C)C.Cc1cc(C(F)(F)F)ccc1N(C)CCN(C)C.Cc1cc(C(F)(F)F)ccc1OCCNC(C)C.Cc1cc(OCCN2CCCC2)cc(Cl)c1C(F)(F)F. The molecule has 16 nitrogen and oxygen atoms in total. The number of halogens is 27. The van der Waals surface area contributed by atoms with Crippen LogP contribution in [0, 0.1) is 55.4 Å². The van der Waals surface area contributed by atoms with Crippen LogP contribution in [0.3, 0.4) is 0 Å². The Bertz CT molecular complexity index is 4950. The smallest absolute Gasteiger partial charge is 0.418 e. The predicted octanol–water partition coefficient (Wildman–Crippen LogP) is 26.7. The molecule has 1 heterocycles. The standard InChI is InChI=1S/C14H17ClF3NO.C13H19F3N2.3C13H18F3NO.C12H15ClF3NO.C11H13ClF3NO.C11H14F3NO/c1-10-8-11(9-12(15)13(10)14(16,17)18)20-7-6-19-4-2-3-5-19;1-10-9-11(13(14,15)16)5-6-12(10)18(4)8-7-17(2)3;1-9(2)17-6-7-18-12-5-4-11(8-10(12)3)13(14,15)16;2*1-4-17(3)7-8-18-12-6-5-11(9-10(12)2)13(14,15)16;1-8-6-9(12(14,15)16)10(13)7-11(8)18-5-4-17(2)3;1-7-5-8(11(13,14)15)9(12)6-10(7)17-4-3-16-2;1-8-7-9(16-6-5-15-2)3-4-10(8)11(12,13)14/h8-9H,2-7H2,1H3;5-6,9H,7-8H2,1-4H3;4-5,8-9,17H,6-7H2,1-3H3;2*5-6,9H,4,7-8H2,1-3H3;6-7H,4-5H2,1-3H3;5-6,16H,3-4H2,1-2H3;3-4,7,15H,5-6H2,1-2H3. The van der Waals surface area contributed by atoms with Crippen LogP contribution in [-0.4, -0.2) is 225 Å². The maximum atomic E-state index is 12.8. The lowest BCUT2D eigenvalue weighted by atomic mass is 10.1. The minimum absolute atomic E-state index is 0.0844. The van der Waals surface area contributed by atoms with Gasteiger partial charge in [0.2, 0.25) is 0 Å². The molecule has 0 spiro atoms. The van der Waals surface area contributed by atoms with Gasteiger partial charge in [-0.1, -0.05) is 62.5 Å². The Kier molecular flexibility index (Phi) is 56.0. The minimum atomic E-state index is -4.44. The number of aryl methyl sites for hydroxylation is 8. The van der Waals surface area contributed by atoms with Gasteiger partial charge < -0.3 is 73.6 Å². The summed E-state index contributed by atoms with van der Waals surface area (Å²) in [6.45, 7) is 34.1. The van der Waals surface area contributed by atoms with E-state index in [2.05, 4.69) is 30.7 Å². The molecular formula is C100H132Cl3F24N9O7. The first-order valence-electron chi connectivity index (χ1n) is 45.1. The number of alkyl halides is 24. The molecule has 8 aromatic rings. The Balaban J connectivity index is 0.000000553. The van der Waals surface area contributed by atoms with Gasteiger partial charge in [0.1, 0.15) is 86.5 Å². The van der Waals surface area contributed by atoms with E-state index in [1.807, 2.05) is 91.7 Å². The molecular weight excluding hydrogens is 2000 g/mol. The van der Waals surface area contributed by atoms with Crippen molar-refractivity contribution in [2.24, 2.45) is 0 Å². The van der Waals surface area contributed by atoms with Crippen LogP contribution in [0.2, 0.25) is 15.1 Å². The fraction of sp³-hybridized carbons (Fsp3) is 0.520. The molecule has 0 atom stereocenters. The molecule has 143 heavy (non-hydrogen) atoms. The summed E-state index contributed by atoms with van der Waals surface area (Å²) in [7, 11) is 17.1. The molecule has 1 saturated heterocycles. The van der Waals surface area contributed by atoms with Gasteiger partial charge in [0, 0.05) is 77.7 Å². The average molecular weight is 2130 g/mol. The summed E-state index contributed by atoms with van der Waals surface area (Å²) in [5.41, 5.74) is -1.51. The first-order chi connectivity index (χ1) is 66.1. The molecule has 0 amide bonds. The monoisotopic (exact) mass is 2130 g/mol. The Morgan fingerprint density at radius 3 is 1.02 bits per heavy atom. The quantitative estimate of drug-likeness (QED) is 0.0258. The second-order valence-corrected chi connectivity index (χ2v) is 35.0. The molecule has 0 radical (unpaired) electrons. The number of likely N-dealkylation sites (N-methyl/N-ethyl adjacent to an activating group) is 7. The number of hydrogen-bond donors (Lipinski definition) is 3. The maximum absolute atomic E-state index is 12.8. The summed E-state index contributed by atoms with van der Waals surface area (Å²) in [5.74, 6) is 3.11. The van der Waals surface area contributed by atoms with Gasteiger partial charge in [-0.2, -0.15) is 105 Å². The Morgan fingerprint density at radius 1 is 0.322 bits per heavy atom. The fourth-order valence-corrected chi connectivity index (χ4v) is 13.5. The summed E-state index contributed by atoms with van der Waals surface area (Å²) in [5, 5.41) is 7.92. The van der Waals surface area contributed by atoms with Crippen LogP contribution < -0.4 is 54.0 Å². The van der Waals surface area contributed by atoms with E-state index in [-0.39, 0.29) is 26.2 Å². The highest BCUT2D eigenvalue weighted by molar-refractivity contribution is 6.32. The molecule has 0 aliphatic carbocycles. The molecule has 9 rings (SSSR count). The number of hydrogen-bond acceptors (Lipinski definition) is 16. The molecule has 0 saturated carbocycles. The number of likely N-dealkylation sites (tertiary alicyclic amines) is 1. The van der Waals surface area contributed by atoms with Gasteiger partial charge in [-0.25, -0.2) is 0 Å². The van der Waals surface area contributed by atoms with Crippen molar-refractivity contribution in [2.75, 3.05) is 200 Å². The molecule has 8 aromatic carbocycles. The van der Waals surface area contributed by atoms with Crippen molar-refractivity contribution in [3.05, 3.63) is 231 Å². The van der Waals surface area contributed by atoms with Gasteiger partial charge in [-0.15, -0.1) is 0 Å². The highest BCUT2D eigenvalue weighted by atomic mass is 35.5. The molecule has 3 N–H and O–H groups in total. The number of anilines is 1. The van der Waals surface area contributed by atoms with Crippen molar-refractivity contribution < 1.29 is 139 Å². The Hall–Kier alpha value is -8.97. The highest BCUT2D eigenvalue weighted by Crippen LogP contribution is 2.44. The van der Waals surface area contributed by atoms with E-state index in [9.17, 15) is 105 Å². The van der Waals surface area contributed by atoms with Crippen molar-refractivity contribution in [2.45, 2.75) is 151 Å². The summed E-state index contributed by atoms with van der Waals surface area (Å²) >= 11 is 16.9. The van der Waals surface area contributed by atoms with Crippen LogP contribution in [0.5, 0.6) is 40.2 Å². The molecule has 0 unspecified atom stereocenters. The fourth-order valence-electron chi connectivity index (χ4n) is 12.6. The van der Waals surface area contributed by atoms with E-state index in [0.717, 1.165) is 125 Å². The van der Waals surface area contributed by atoms with Gasteiger partial charge in [0.05, 0.1) is 59.6 Å². The van der Waals surface area contributed by atoms with Crippen molar-refractivity contribution in [1.82, 2.24) is 40.4 Å². The van der Waals surface area contributed by atoms with E-state index in [0.29, 0.717) is 152 Å². The summed E-state index contributed by atoms with van der Waals surface area (Å²) in [4.78, 5) is 12.3. The number of nitrogens with zero attached hydrogens (tertiary/aromatic N) is 6. The number of ether oxygens (including phenoxy) is 7. The summed E-state index contributed by atoms with van der Waals surface area (Å²) < 4.78 is 338. The summed E-state index contributed by atoms with van der Waals surface area (Å²) in [6.07, 6.45) is -32.4. The van der Waals surface area contributed by atoms with Crippen molar-refractivity contribution in [1.29, 1.82) is 0 Å². The number of nitrogens with one attached hydrogen (secondary N) is 3. The van der Waals surface area contributed by atoms with Crippen molar-refractivity contribution in [3.63, 3.8) is 0 Å². The lowest BCUT2D eigenvalue weighted by Crippen LogP contribution is -2.28. The van der Waals surface area contributed by atoms with Gasteiger partial charge in [0.15, 0.2) is 0 Å². The lowest BCUT2D eigenvalue weighted by molar-refractivity contribution is -0.138. The van der Waals surface area contributed by atoms with E-state index in [1.54, 1.807) is 55.6 Å². The first-order valence-corrected chi connectivity index (χ1v) is 46.3. The molecule has 0 bridgehead atoms. The molecule has 0 aromatic heterocycles. The molecule has 808 valence electrons. The normalized spacial score (nSPS) is 12.5. The van der Waals surface area contributed by atoms with Gasteiger partial charge >= 0.3 is 49.4 Å². The zero-order valence-corrected chi connectivity index (χ0v) is 86.3. The van der Waals surface area contributed by atoms with E-state index in [4.69, 9.17) is 68.0 Å². The lowest BCUT2D eigenvalue weighted by Gasteiger charge is -2.24. The molecule has 1 aliphatic rings. The second-order valence-electron chi connectivity index (χ2n) is 33.8. The van der Waals surface area contributed by atoms with Gasteiger partial charge in [-0.05, 0) is 323 Å². The molecule has 43 heteroatoms. The zero-order chi connectivity index (χ0) is 109. The third-order valence-electron chi connectivity index (χ3n) is 20.9. The van der Waals surface area contributed by atoms with E-state index >= 15 is 0 Å². The third kappa shape index (κ3) is 50.3. The van der Waals surface area contributed by atoms with E-state index in [1.165, 1.54) is 93.4 Å². The average Bonchev–Trinajstić information content (AvgIpc) is 1.12. The van der Waals surface area contributed by atoms with Crippen molar-refractivity contribution in [3.8, 4) is 40.2 Å².